The number of nitrogens with one attached hydrogen (secondary N) is 1. The van der Waals surface area contributed by atoms with Gasteiger partial charge in [-0.15, -0.1) is 0 Å². The van der Waals surface area contributed by atoms with Crippen LogP contribution in [0.5, 0.6) is 0 Å². The first kappa shape index (κ1) is 11.7. The molecule has 0 fully saturated rings. The Balaban J connectivity index is 2.44. The Labute approximate surface area is 84.5 Å². The lowest BCUT2D eigenvalue weighted by atomic mass is 10.5. The van der Waals surface area contributed by atoms with Gasteiger partial charge in [0.2, 0.25) is 0 Å². The van der Waals surface area contributed by atoms with Crippen LogP contribution < -0.4 is 5.32 Å². The first-order valence-corrected chi connectivity index (χ1v) is 4.15. The zero-order valence-corrected chi connectivity index (χ0v) is 8.01. The second-order valence-electron chi connectivity index (χ2n) is 2.72. The molecular weight excluding hydrogens is 211 g/mol. The first-order chi connectivity index (χ1) is 7.01. The van der Waals surface area contributed by atoms with E-state index in [0.29, 0.717) is 5.82 Å². The summed E-state index contributed by atoms with van der Waals surface area (Å²) in [4.78, 5) is 7.66. The summed E-state index contributed by atoms with van der Waals surface area (Å²) in [7, 11) is 1.66. The van der Waals surface area contributed by atoms with Crippen LogP contribution in [0.3, 0.4) is 0 Å². The monoisotopic (exact) mass is 221 g/mol. The molecule has 0 aliphatic rings. The Bertz CT molecular complexity index is 316. The van der Waals surface area contributed by atoms with Crippen molar-refractivity contribution in [3.8, 4) is 0 Å². The molecule has 0 radical (unpaired) electrons. The smallest absolute Gasteiger partial charge is 0.373 e. The van der Waals surface area contributed by atoms with Crippen LogP contribution in [-0.4, -0.2) is 29.8 Å². The van der Waals surface area contributed by atoms with Crippen molar-refractivity contribution in [1.82, 2.24) is 9.97 Å². The van der Waals surface area contributed by atoms with Crippen LogP contribution in [0.2, 0.25) is 0 Å². The van der Waals surface area contributed by atoms with E-state index in [1.807, 2.05) is 0 Å². The molecule has 0 amide bonds. The van der Waals surface area contributed by atoms with E-state index in [9.17, 15) is 13.2 Å². The van der Waals surface area contributed by atoms with Gasteiger partial charge in [-0.05, 0) is 6.07 Å². The van der Waals surface area contributed by atoms with Crippen molar-refractivity contribution in [3.05, 3.63) is 18.1 Å². The number of ether oxygens (including phenoxy) is 1. The van der Waals surface area contributed by atoms with Crippen LogP contribution >= 0.6 is 0 Å². The maximum absolute atomic E-state index is 11.7. The van der Waals surface area contributed by atoms with Gasteiger partial charge in [-0.2, -0.15) is 13.2 Å². The number of hydrogen-bond donors (Lipinski definition) is 1. The maximum Gasteiger partial charge on any atom is 0.411 e. The highest BCUT2D eigenvalue weighted by atomic mass is 19.4. The van der Waals surface area contributed by atoms with Gasteiger partial charge in [0.05, 0.1) is 0 Å². The molecule has 15 heavy (non-hydrogen) atoms. The van der Waals surface area contributed by atoms with Crippen molar-refractivity contribution in [2.24, 2.45) is 0 Å². The van der Waals surface area contributed by atoms with E-state index in [-0.39, 0.29) is 12.4 Å². The van der Waals surface area contributed by atoms with E-state index >= 15 is 0 Å². The molecule has 1 N–H and O–H groups in total. The van der Waals surface area contributed by atoms with Crippen LogP contribution in [0, 0.1) is 0 Å². The summed E-state index contributed by atoms with van der Waals surface area (Å²) in [6.45, 7) is -1.55. The zero-order chi connectivity index (χ0) is 11.3. The third-order valence-corrected chi connectivity index (χ3v) is 1.46. The molecular formula is C8H10F3N3O. The third-order valence-electron chi connectivity index (χ3n) is 1.46. The van der Waals surface area contributed by atoms with E-state index in [1.54, 1.807) is 13.1 Å². The highest BCUT2D eigenvalue weighted by Gasteiger charge is 2.27. The van der Waals surface area contributed by atoms with E-state index in [4.69, 9.17) is 0 Å². The SMILES string of the molecule is CNc1ccnc(COCC(F)(F)F)n1. The Kier molecular flexibility index (Phi) is 3.84. The largest absolute Gasteiger partial charge is 0.411 e. The van der Waals surface area contributed by atoms with Crippen molar-refractivity contribution in [3.63, 3.8) is 0 Å². The molecule has 1 aromatic heterocycles. The van der Waals surface area contributed by atoms with Crippen LogP contribution in [0.1, 0.15) is 5.82 Å². The average molecular weight is 221 g/mol. The maximum atomic E-state index is 11.7. The Morgan fingerprint density at radius 1 is 1.47 bits per heavy atom. The predicted octanol–water partition coefficient (Wildman–Crippen LogP) is 1.60. The summed E-state index contributed by atoms with van der Waals surface area (Å²) >= 11 is 0. The predicted molar refractivity (Wildman–Crippen MR) is 47.3 cm³/mol. The standard InChI is InChI=1S/C8H10F3N3O/c1-12-6-2-3-13-7(14-6)4-15-5-8(9,10)11/h2-3H,4-5H2,1H3,(H,12,13,14). The quantitative estimate of drug-likeness (QED) is 0.838. The fourth-order valence-electron chi connectivity index (χ4n) is 0.866. The lowest BCUT2D eigenvalue weighted by Crippen LogP contribution is -2.17. The third kappa shape index (κ3) is 4.59. The minimum absolute atomic E-state index is 0.214. The molecule has 0 atom stereocenters. The molecule has 1 aromatic rings. The van der Waals surface area contributed by atoms with Gasteiger partial charge in [-0.25, -0.2) is 9.97 Å². The van der Waals surface area contributed by atoms with E-state index in [2.05, 4.69) is 20.0 Å². The van der Waals surface area contributed by atoms with E-state index in [0.717, 1.165) is 0 Å². The van der Waals surface area contributed by atoms with Gasteiger partial charge in [-0.1, -0.05) is 0 Å². The number of halogens is 3. The van der Waals surface area contributed by atoms with E-state index < -0.39 is 12.8 Å². The number of hydrogen-bond acceptors (Lipinski definition) is 4. The van der Waals surface area contributed by atoms with Gasteiger partial charge in [0.15, 0.2) is 5.82 Å². The summed E-state index contributed by atoms with van der Waals surface area (Å²) in [5, 5.41) is 2.75. The fourth-order valence-corrected chi connectivity index (χ4v) is 0.866. The summed E-state index contributed by atoms with van der Waals surface area (Å²) in [6, 6.07) is 1.60. The Morgan fingerprint density at radius 3 is 2.80 bits per heavy atom. The molecule has 0 saturated carbocycles. The molecule has 0 unspecified atom stereocenters. The van der Waals surface area contributed by atoms with Crippen molar-refractivity contribution in [1.29, 1.82) is 0 Å². The molecule has 84 valence electrons. The summed E-state index contributed by atoms with van der Waals surface area (Å²) in [5.41, 5.74) is 0. The van der Waals surface area contributed by atoms with Crippen LogP contribution in [0.4, 0.5) is 19.0 Å². The van der Waals surface area contributed by atoms with Gasteiger partial charge in [0.1, 0.15) is 19.0 Å². The summed E-state index contributed by atoms with van der Waals surface area (Å²) in [6.07, 6.45) is -2.87. The van der Waals surface area contributed by atoms with Crippen molar-refractivity contribution in [2.75, 3.05) is 19.0 Å². The molecule has 0 aromatic carbocycles. The number of anilines is 1. The Morgan fingerprint density at radius 2 is 2.20 bits per heavy atom. The summed E-state index contributed by atoms with van der Waals surface area (Å²) in [5.74, 6) is 0.752. The van der Waals surface area contributed by atoms with Gasteiger partial charge < -0.3 is 10.1 Å². The Hall–Kier alpha value is -1.37. The van der Waals surface area contributed by atoms with Gasteiger partial charge in [0.25, 0.3) is 0 Å². The molecule has 0 aliphatic carbocycles. The normalized spacial score (nSPS) is 11.5. The molecule has 1 heterocycles. The van der Waals surface area contributed by atoms with Crippen LogP contribution in [0.25, 0.3) is 0 Å². The molecule has 7 heteroatoms. The lowest BCUT2D eigenvalue weighted by molar-refractivity contribution is -0.177. The van der Waals surface area contributed by atoms with Crippen LogP contribution in [0.15, 0.2) is 12.3 Å². The number of rotatable bonds is 4. The van der Waals surface area contributed by atoms with Gasteiger partial charge in [0, 0.05) is 13.2 Å². The molecule has 0 saturated heterocycles. The first-order valence-electron chi connectivity index (χ1n) is 4.15. The minimum Gasteiger partial charge on any atom is -0.373 e. The molecule has 0 bridgehead atoms. The number of aromatic nitrogens is 2. The highest BCUT2D eigenvalue weighted by Crippen LogP contribution is 2.15. The summed E-state index contributed by atoms with van der Waals surface area (Å²) < 4.78 is 39.6. The highest BCUT2D eigenvalue weighted by molar-refractivity contribution is 5.31. The lowest BCUT2D eigenvalue weighted by Gasteiger charge is -2.07. The molecule has 0 spiro atoms. The second kappa shape index (κ2) is 4.92. The fraction of sp³-hybridized carbons (Fsp3) is 0.500. The van der Waals surface area contributed by atoms with Crippen molar-refractivity contribution < 1.29 is 17.9 Å². The average Bonchev–Trinajstić information content (AvgIpc) is 2.16. The second-order valence-corrected chi connectivity index (χ2v) is 2.72. The van der Waals surface area contributed by atoms with Crippen LogP contribution in [-0.2, 0) is 11.3 Å². The molecule has 4 nitrogen and oxygen atoms in total. The number of nitrogens with zero attached hydrogens (tertiary/aromatic N) is 2. The molecule has 1 rings (SSSR count). The van der Waals surface area contributed by atoms with E-state index in [1.165, 1.54) is 6.20 Å². The minimum atomic E-state index is -4.32. The number of alkyl halides is 3. The van der Waals surface area contributed by atoms with Crippen molar-refractivity contribution in [2.45, 2.75) is 12.8 Å². The topological polar surface area (TPSA) is 47.0 Å². The zero-order valence-electron chi connectivity index (χ0n) is 8.01. The van der Waals surface area contributed by atoms with Crippen molar-refractivity contribution >= 4 is 5.82 Å². The van der Waals surface area contributed by atoms with Gasteiger partial charge in [-0.3, -0.25) is 0 Å². The van der Waals surface area contributed by atoms with Gasteiger partial charge >= 0.3 is 6.18 Å². The molecule has 0 aliphatic heterocycles.